The van der Waals surface area contributed by atoms with E-state index < -0.39 is 0 Å². The van der Waals surface area contributed by atoms with Gasteiger partial charge in [-0.05, 0) is 52.3 Å². The van der Waals surface area contributed by atoms with Crippen molar-refractivity contribution in [3.05, 3.63) is 114 Å². The Labute approximate surface area is 223 Å². The van der Waals surface area contributed by atoms with Gasteiger partial charge < -0.3 is 4.42 Å². The average molecular weight is 501 g/mol. The highest BCUT2D eigenvalue weighted by Crippen LogP contribution is 2.42. The lowest BCUT2D eigenvalue weighted by molar-refractivity contribution is -0.660. The van der Waals surface area contributed by atoms with Gasteiger partial charge in [0.15, 0.2) is 11.8 Å². The lowest BCUT2D eigenvalue weighted by atomic mass is 9.86. The van der Waals surface area contributed by atoms with Gasteiger partial charge in [0.1, 0.15) is 18.4 Å². The summed E-state index contributed by atoms with van der Waals surface area (Å²) in [6.07, 6.45) is 2.00. The van der Waals surface area contributed by atoms with Crippen molar-refractivity contribution < 1.29 is 13.4 Å². The van der Waals surface area contributed by atoms with Crippen LogP contribution in [0.2, 0.25) is 0 Å². The fourth-order valence-corrected chi connectivity index (χ4v) is 5.38. The van der Waals surface area contributed by atoms with E-state index in [2.05, 4.69) is 69.3 Å². The lowest BCUT2D eigenvalue weighted by Gasteiger charge is -2.19. The summed E-state index contributed by atoms with van der Waals surface area (Å²) in [6.45, 7) is 8.62. The Hall–Kier alpha value is -4.24. The maximum atomic E-state index is 15.4. The van der Waals surface area contributed by atoms with Gasteiger partial charge in [-0.3, -0.25) is 0 Å². The number of nitrogens with zero attached hydrogens (tertiary/aromatic N) is 1. The summed E-state index contributed by atoms with van der Waals surface area (Å²) in [7, 11) is 2.00. The number of pyridine rings is 1. The summed E-state index contributed by atoms with van der Waals surface area (Å²) >= 11 is 0. The van der Waals surface area contributed by atoms with Crippen molar-refractivity contribution >= 4 is 21.9 Å². The minimum absolute atomic E-state index is 0.128. The molecule has 3 heteroatoms. The van der Waals surface area contributed by atoms with Crippen LogP contribution >= 0.6 is 0 Å². The molecule has 0 saturated carbocycles. The second-order valence-corrected chi connectivity index (χ2v) is 11.1. The molecule has 0 atom stereocenters. The standard InChI is InChI=1S/C35H31FNO/c1-22-21-29(36)32-28-10-8-9-27(33(28)38-34(32)31(22)30-11-6-7-20-37(30)5)25-14-12-23(13-15-25)24-16-18-26(19-17-24)35(2,3)4/h6-21H,1-5H3/q+1. The molecule has 0 aliphatic carbocycles. The van der Waals surface area contributed by atoms with Gasteiger partial charge in [-0.25, -0.2) is 8.96 Å². The van der Waals surface area contributed by atoms with Crippen molar-refractivity contribution in [3.8, 4) is 33.5 Å². The zero-order chi connectivity index (χ0) is 26.6. The van der Waals surface area contributed by atoms with E-state index in [9.17, 15) is 0 Å². The van der Waals surface area contributed by atoms with E-state index in [-0.39, 0.29) is 11.2 Å². The highest BCUT2D eigenvalue weighted by atomic mass is 19.1. The number of aromatic nitrogens is 1. The molecule has 0 aliphatic rings. The summed E-state index contributed by atoms with van der Waals surface area (Å²) in [4.78, 5) is 0. The quantitative estimate of drug-likeness (QED) is 0.221. The Morgan fingerprint density at radius 1 is 0.737 bits per heavy atom. The molecular weight excluding hydrogens is 469 g/mol. The molecule has 6 rings (SSSR count). The molecule has 0 unspecified atom stereocenters. The lowest BCUT2D eigenvalue weighted by Crippen LogP contribution is -2.30. The largest absolute Gasteiger partial charge is 0.454 e. The SMILES string of the molecule is Cc1cc(F)c2c(oc3c(-c4ccc(-c5ccc(C(C)(C)C)cc5)cc4)cccc32)c1-c1cccc[n+]1C. The number of para-hydroxylation sites is 1. The Bertz CT molecular complexity index is 1800. The second-order valence-electron chi connectivity index (χ2n) is 11.1. The third kappa shape index (κ3) is 3.99. The smallest absolute Gasteiger partial charge is 0.216 e. The van der Waals surface area contributed by atoms with E-state index >= 15 is 4.39 Å². The Morgan fingerprint density at radius 2 is 1.39 bits per heavy atom. The molecule has 0 N–H and O–H groups in total. The van der Waals surface area contributed by atoms with Crippen LogP contribution in [0.25, 0.3) is 55.4 Å². The Morgan fingerprint density at radius 3 is 2.05 bits per heavy atom. The van der Waals surface area contributed by atoms with Crippen molar-refractivity contribution in [2.24, 2.45) is 7.05 Å². The molecule has 2 aromatic heterocycles. The molecule has 0 saturated heterocycles. The van der Waals surface area contributed by atoms with Crippen molar-refractivity contribution in [2.75, 3.05) is 0 Å². The van der Waals surface area contributed by atoms with E-state index in [1.165, 1.54) is 11.1 Å². The average Bonchev–Trinajstić information content (AvgIpc) is 3.29. The van der Waals surface area contributed by atoms with Crippen LogP contribution in [0.1, 0.15) is 31.9 Å². The molecular formula is C35H31FNO+. The Balaban J connectivity index is 1.48. The molecule has 0 fully saturated rings. The van der Waals surface area contributed by atoms with Gasteiger partial charge in [0.05, 0.1) is 10.9 Å². The number of aryl methyl sites for hydroxylation is 2. The number of rotatable bonds is 3. The number of hydrogen-bond acceptors (Lipinski definition) is 1. The number of fused-ring (bicyclic) bond motifs is 3. The first-order valence-corrected chi connectivity index (χ1v) is 13.0. The van der Waals surface area contributed by atoms with Crippen LogP contribution < -0.4 is 4.57 Å². The van der Waals surface area contributed by atoms with E-state index in [1.54, 1.807) is 6.07 Å². The topological polar surface area (TPSA) is 17.0 Å². The molecule has 0 bridgehead atoms. The number of benzene rings is 4. The molecule has 188 valence electrons. The number of halogens is 1. The molecule has 2 nitrogen and oxygen atoms in total. The van der Waals surface area contributed by atoms with E-state index in [1.807, 2.05) is 61.1 Å². The van der Waals surface area contributed by atoms with Gasteiger partial charge in [-0.15, -0.1) is 0 Å². The first-order chi connectivity index (χ1) is 18.2. The normalized spacial score (nSPS) is 11.9. The van der Waals surface area contributed by atoms with Crippen LogP contribution in [0.15, 0.2) is 102 Å². The fourth-order valence-electron chi connectivity index (χ4n) is 5.38. The molecule has 0 amide bonds. The van der Waals surface area contributed by atoms with E-state index in [0.29, 0.717) is 16.6 Å². The maximum Gasteiger partial charge on any atom is 0.216 e. The van der Waals surface area contributed by atoms with Crippen molar-refractivity contribution in [3.63, 3.8) is 0 Å². The number of hydrogen-bond donors (Lipinski definition) is 0. The van der Waals surface area contributed by atoms with Crippen LogP contribution in [0, 0.1) is 12.7 Å². The van der Waals surface area contributed by atoms with E-state index in [4.69, 9.17) is 4.42 Å². The number of furan rings is 1. The van der Waals surface area contributed by atoms with Crippen LogP contribution in [-0.4, -0.2) is 0 Å². The molecule has 6 aromatic rings. The van der Waals surface area contributed by atoms with Crippen LogP contribution in [0.3, 0.4) is 0 Å². The van der Waals surface area contributed by atoms with Gasteiger partial charge in [0.25, 0.3) is 0 Å². The maximum absolute atomic E-state index is 15.4. The zero-order valence-electron chi connectivity index (χ0n) is 22.5. The zero-order valence-corrected chi connectivity index (χ0v) is 22.5. The van der Waals surface area contributed by atoms with Gasteiger partial charge in [0, 0.05) is 23.1 Å². The first-order valence-electron chi connectivity index (χ1n) is 13.0. The van der Waals surface area contributed by atoms with Gasteiger partial charge in [-0.1, -0.05) is 87.5 Å². The Kier molecular flexibility index (Phi) is 5.68. The van der Waals surface area contributed by atoms with Crippen LogP contribution in [-0.2, 0) is 12.5 Å². The molecule has 0 spiro atoms. The molecule has 0 radical (unpaired) electrons. The third-order valence-electron chi connectivity index (χ3n) is 7.51. The summed E-state index contributed by atoms with van der Waals surface area (Å²) in [5.74, 6) is -0.259. The first kappa shape index (κ1) is 24.1. The predicted octanol–water partition coefficient (Wildman–Crippen LogP) is 9.16. The highest BCUT2D eigenvalue weighted by Gasteiger charge is 2.24. The molecule has 2 heterocycles. The van der Waals surface area contributed by atoms with Crippen molar-refractivity contribution in [1.82, 2.24) is 0 Å². The molecule has 0 aliphatic heterocycles. The van der Waals surface area contributed by atoms with Crippen LogP contribution in [0.4, 0.5) is 4.39 Å². The summed E-state index contributed by atoms with van der Waals surface area (Å²) in [5.41, 5.74) is 9.82. The molecule has 4 aromatic carbocycles. The summed E-state index contributed by atoms with van der Waals surface area (Å²) in [6, 6.07) is 30.9. The second kappa shape index (κ2) is 8.95. The van der Waals surface area contributed by atoms with Crippen molar-refractivity contribution in [1.29, 1.82) is 0 Å². The minimum atomic E-state index is -0.259. The van der Waals surface area contributed by atoms with Crippen molar-refractivity contribution in [2.45, 2.75) is 33.1 Å². The van der Waals surface area contributed by atoms with Gasteiger partial charge in [0.2, 0.25) is 5.69 Å². The van der Waals surface area contributed by atoms with Crippen LogP contribution in [0.5, 0.6) is 0 Å². The van der Waals surface area contributed by atoms with Gasteiger partial charge >= 0.3 is 0 Å². The summed E-state index contributed by atoms with van der Waals surface area (Å²) in [5, 5.41) is 1.32. The van der Waals surface area contributed by atoms with E-state index in [0.717, 1.165) is 38.9 Å². The molecule has 38 heavy (non-hydrogen) atoms. The van der Waals surface area contributed by atoms with Gasteiger partial charge in [-0.2, -0.15) is 0 Å². The summed E-state index contributed by atoms with van der Waals surface area (Å²) < 4.78 is 24.0. The predicted molar refractivity (Wildman–Crippen MR) is 155 cm³/mol. The third-order valence-corrected chi connectivity index (χ3v) is 7.51. The monoisotopic (exact) mass is 500 g/mol. The fraction of sp³-hybridized carbons (Fsp3) is 0.171. The highest BCUT2D eigenvalue weighted by molar-refractivity contribution is 6.13. The minimum Gasteiger partial charge on any atom is -0.454 e.